The maximum absolute atomic E-state index is 5.08. The summed E-state index contributed by atoms with van der Waals surface area (Å²) in [5.41, 5.74) is 17.8. The van der Waals surface area contributed by atoms with Gasteiger partial charge < -0.3 is 0 Å². The number of hydrogen-bond donors (Lipinski definition) is 0. The molecule has 1 aromatic heterocycles. The molecule has 1 heterocycles. The molecule has 0 radical (unpaired) electrons. The summed E-state index contributed by atoms with van der Waals surface area (Å²) in [7, 11) is 0. The van der Waals surface area contributed by atoms with Crippen LogP contribution in [0, 0.1) is 0 Å². The summed E-state index contributed by atoms with van der Waals surface area (Å²) < 4.78 is 2.29. The van der Waals surface area contributed by atoms with Crippen LogP contribution in [0.3, 0.4) is 0 Å². The van der Waals surface area contributed by atoms with E-state index >= 15 is 0 Å². The second kappa shape index (κ2) is 11.3. The SMILES string of the molecule is CC1(C)c2cc3c(cc2-c2c1ccc1ccccc21)C(C)(C)c1cc2ccc4c(-c5ccc(-n6c(-c7ccccc7)nc7ccccc76)cc5)ccc5ccc(c1-3)c2c54. The average Bonchev–Trinajstić information content (AvgIpc) is 3.85. The molecular weight excluding hydrogens is 713 g/mol. The lowest BCUT2D eigenvalue weighted by Crippen LogP contribution is -2.17. The second-order valence-electron chi connectivity index (χ2n) is 17.9. The standard InChI is InChI=1S/C57H40N2/c1-56(2)45-29-23-33-12-8-9-15-40(33)53(45)43-31-47-44(32-46(43)56)54-42-28-21-35-20-26-39(41-27-22-37(52(42)51(35)41)30-48(54)57(47,3)4)34-18-24-38(25-19-34)59-50-17-11-10-16-49(50)58-55(59)36-13-6-5-7-14-36/h5-32H,1-4H3. The maximum Gasteiger partial charge on any atom is 0.145 e. The van der Waals surface area contributed by atoms with Gasteiger partial charge in [-0.3, -0.25) is 4.57 Å². The van der Waals surface area contributed by atoms with Crippen molar-refractivity contribution in [2.45, 2.75) is 38.5 Å². The molecule has 0 atom stereocenters. The molecule has 0 saturated carbocycles. The number of imidazole rings is 1. The summed E-state index contributed by atoms with van der Waals surface area (Å²) in [6.07, 6.45) is 0. The van der Waals surface area contributed by atoms with E-state index in [1.807, 2.05) is 0 Å². The highest BCUT2D eigenvalue weighted by Gasteiger charge is 2.43. The summed E-state index contributed by atoms with van der Waals surface area (Å²) >= 11 is 0. The first-order chi connectivity index (χ1) is 28.8. The molecule has 13 rings (SSSR count). The summed E-state index contributed by atoms with van der Waals surface area (Å²) in [5, 5.41) is 10.6. The second-order valence-corrected chi connectivity index (χ2v) is 17.9. The Morgan fingerprint density at radius 2 is 1.03 bits per heavy atom. The monoisotopic (exact) mass is 752 g/mol. The zero-order valence-corrected chi connectivity index (χ0v) is 33.6. The van der Waals surface area contributed by atoms with Crippen LogP contribution in [0.25, 0.3) is 105 Å². The molecule has 11 aromatic rings. The molecule has 2 aliphatic rings. The third-order valence-corrected chi connectivity index (χ3v) is 14.1. The Kier molecular flexibility index (Phi) is 6.34. The van der Waals surface area contributed by atoms with Crippen molar-refractivity contribution in [2.75, 3.05) is 0 Å². The Labute approximate surface area is 343 Å². The van der Waals surface area contributed by atoms with Crippen LogP contribution in [0.1, 0.15) is 49.9 Å². The number of fused-ring (bicyclic) bond motifs is 10. The highest BCUT2D eigenvalue weighted by molar-refractivity contribution is 6.28. The van der Waals surface area contributed by atoms with Crippen molar-refractivity contribution in [2.24, 2.45) is 0 Å². The van der Waals surface area contributed by atoms with E-state index in [1.165, 1.54) is 98.7 Å². The van der Waals surface area contributed by atoms with E-state index in [9.17, 15) is 0 Å². The fourth-order valence-corrected chi connectivity index (χ4v) is 11.2. The van der Waals surface area contributed by atoms with Crippen molar-refractivity contribution in [1.29, 1.82) is 0 Å². The first kappa shape index (κ1) is 33.0. The van der Waals surface area contributed by atoms with E-state index in [0.717, 1.165) is 28.1 Å². The third kappa shape index (κ3) is 4.28. The van der Waals surface area contributed by atoms with Crippen molar-refractivity contribution in [3.05, 3.63) is 192 Å². The summed E-state index contributed by atoms with van der Waals surface area (Å²) in [4.78, 5) is 5.08. The molecule has 2 aliphatic carbocycles. The average molecular weight is 753 g/mol. The lowest BCUT2D eigenvalue weighted by atomic mass is 9.79. The molecule has 0 aliphatic heterocycles. The predicted molar refractivity (Wildman–Crippen MR) is 248 cm³/mol. The van der Waals surface area contributed by atoms with Crippen molar-refractivity contribution in [1.82, 2.24) is 9.55 Å². The molecule has 0 amide bonds. The molecule has 10 aromatic carbocycles. The highest BCUT2D eigenvalue weighted by Crippen LogP contribution is 2.59. The minimum absolute atomic E-state index is 0.0983. The Hall–Kier alpha value is -7.03. The Balaban J connectivity index is 0.988. The molecule has 0 N–H and O–H groups in total. The largest absolute Gasteiger partial charge is 0.292 e. The number of hydrogen-bond acceptors (Lipinski definition) is 1. The molecule has 0 fully saturated rings. The van der Waals surface area contributed by atoms with E-state index in [-0.39, 0.29) is 10.8 Å². The van der Waals surface area contributed by atoms with Gasteiger partial charge in [-0.1, -0.05) is 155 Å². The van der Waals surface area contributed by atoms with Crippen LogP contribution in [-0.2, 0) is 10.8 Å². The van der Waals surface area contributed by atoms with Gasteiger partial charge in [-0.25, -0.2) is 4.98 Å². The minimum atomic E-state index is -0.143. The first-order valence-electron chi connectivity index (χ1n) is 20.9. The van der Waals surface area contributed by atoms with Gasteiger partial charge in [0.2, 0.25) is 0 Å². The van der Waals surface area contributed by atoms with Gasteiger partial charge in [0, 0.05) is 22.1 Å². The highest BCUT2D eigenvalue weighted by atomic mass is 15.1. The summed E-state index contributed by atoms with van der Waals surface area (Å²) in [5.74, 6) is 0.950. The van der Waals surface area contributed by atoms with Crippen molar-refractivity contribution >= 4 is 54.1 Å². The first-order valence-corrected chi connectivity index (χ1v) is 20.9. The quantitative estimate of drug-likeness (QED) is 0.164. The van der Waals surface area contributed by atoms with Crippen LogP contribution in [-0.4, -0.2) is 9.55 Å². The van der Waals surface area contributed by atoms with Crippen molar-refractivity contribution < 1.29 is 0 Å². The fraction of sp³-hybridized carbons (Fsp3) is 0.105. The fourth-order valence-electron chi connectivity index (χ4n) is 11.2. The van der Waals surface area contributed by atoms with E-state index in [4.69, 9.17) is 4.98 Å². The number of aromatic nitrogens is 2. The van der Waals surface area contributed by atoms with Gasteiger partial charge in [0.1, 0.15) is 5.82 Å². The third-order valence-electron chi connectivity index (χ3n) is 14.1. The summed E-state index contributed by atoms with van der Waals surface area (Å²) in [6, 6.07) is 63.4. The van der Waals surface area contributed by atoms with E-state index < -0.39 is 0 Å². The molecule has 278 valence electrons. The number of rotatable bonds is 3. The van der Waals surface area contributed by atoms with Gasteiger partial charge in [-0.2, -0.15) is 0 Å². The van der Waals surface area contributed by atoms with Gasteiger partial charge in [-0.15, -0.1) is 0 Å². The molecule has 2 heteroatoms. The van der Waals surface area contributed by atoms with Crippen LogP contribution >= 0.6 is 0 Å². The zero-order chi connectivity index (χ0) is 39.4. The lowest BCUT2D eigenvalue weighted by Gasteiger charge is -2.24. The smallest absolute Gasteiger partial charge is 0.145 e. The van der Waals surface area contributed by atoms with E-state index in [1.54, 1.807) is 0 Å². The van der Waals surface area contributed by atoms with Crippen LogP contribution in [0.4, 0.5) is 0 Å². The molecular formula is C57H40N2. The van der Waals surface area contributed by atoms with Gasteiger partial charge in [0.15, 0.2) is 0 Å². The van der Waals surface area contributed by atoms with Gasteiger partial charge >= 0.3 is 0 Å². The molecule has 0 spiro atoms. The molecule has 0 unspecified atom stereocenters. The topological polar surface area (TPSA) is 17.8 Å². The van der Waals surface area contributed by atoms with Crippen LogP contribution in [0.5, 0.6) is 0 Å². The predicted octanol–water partition coefficient (Wildman–Crippen LogP) is 15.0. The van der Waals surface area contributed by atoms with Gasteiger partial charge in [0.25, 0.3) is 0 Å². The maximum atomic E-state index is 5.08. The molecule has 2 nitrogen and oxygen atoms in total. The minimum Gasteiger partial charge on any atom is -0.292 e. The van der Waals surface area contributed by atoms with Crippen molar-refractivity contribution in [3.8, 4) is 50.5 Å². The summed E-state index contributed by atoms with van der Waals surface area (Å²) in [6.45, 7) is 9.70. The van der Waals surface area contributed by atoms with Crippen LogP contribution < -0.4 is 0 Å². The van der Waals surface area contributed by atoms with E-state index in [0.29, 0.717) is 0 Å². The lowest BCUT2D eigenvalue weighted by molar-refractivity contribution is 0.652. The number of nitrogens with zero attached hydrogens (tertiary/aromatic N) is 2. The Bertz CT molecular complexity index is 3580. The molecule has 0 bridgehead atoms. The van der Waals surface area contributed by atoms with Crippen LogP contribution in [0.15, 0.2) is 170 Å². The van der Waals surface area contributed by atoms with E-state index in [2.05, 4.69) is 202 Å². The Morgan fingerprint density at radius 3 is 1.85 bits per heavy atom. The number of benzene rings is 10. The molecule has 59 heavy (non-hydrogen) atoms. The normalized spacial score (nSPS) is 14.7. The van der Waals surface area contributed by atoms with Crippen molar-refractivity contribution in [3.63, 3.8) is 0 Å². The number of para-hydroxylation sites is 2. The van der Waals surface area contributed by atoms with Gasteiger partial charge in [0.05, 0.1) is 11.0 Å². The molecule has 0 saturated heterocycles. The van der Waals surface area contributed by atoms with Gasteiger partial charge in [-0.05, 0) is 141 Å². The Morgan fingerprint density at radius 1 is 0.407 bits per heavy atom. The zero-order valence-electron chi connectivity index (χ0n) is 33.6. The van der Waals surface area contributed by atoms with Crippen LogP contribution in [0.2, 0.25) is 0 Å².